The molecule has 2 aromatic rings. The van der Waals surface area contributed by atoms with E-state index in [1.807, 2.05) is 18.2 Å². The lowest BCUT2D eigenvalue weighted by Crippen LogP contribution is -2.17. The first kappa shape index (κ1) is 12.9. The van der Waals surface area contributed by atoms with Crippen molar-refractivity contribution in [1.29, 1.82) is 0 Å². The highest BCUT2D eigenvalue weighted by atomic mass is 32.2. The molecular formula is C12H12N4O3S. The Labute approximate surface area is 118 Å². The van der Waals surface area contributed by atoms with Crippen LogP contribution >= 0.6 is 11.8 Å². The third-order valence-electron chi connectivity index (χ3n) is 2.90. The van der Waals surface area contributed by atoms with E-state index in [-0.39, 0.29) is 12.6 Å². The van der Waals surface area contributed by atoms with E-state index in [0.717, 1.165) is 12.2 Å². The third-order valence-corrected chi connectivity index (χ3v) is 3.99. The van der Waals surface area contributed by atoms with Crippen molar-refractivity contribution in [1.82, 2.24) is 20.2 Å². The highest BCUT2D eigenvalue weighted by Gasteiger charge is 2.23. The van der Waals surface area contributed by atoms with Gasteiger partial charge in [0.2, 0.25) is 5.16 Å². The second-order valence-electron chi connectivity index (χ2n) is 4.38. The van der Waals surface area contributed by atoms with Gasteiger partial charge in [0.1, 0.15) is 18.4 Å². The van der Waals surface area contributed by atoms with Crippen LogP contribution in [0.15, 0.2) is 29.4 Å². The van der Waals surface area contributed by atoms with Gasteiger partial charge in [-0.1, -0.05) is 30.0 Å². The number of para-hydroxylation sites is 1. The van der Waals surface area contributed by atoms with Crippen LogP contribution in [0.3, 0.4) is 0 Å². The second kappa shape index (κ2) is 5.49. The molecule has 1 aromatic heterocycles. The minimum Gasteiger partial charge on any atom is -0.489 e. The van der Waals surface area contributed by atoms with Gasteiger partial charge in [-0.05, 0) is 22.1 Å². The van der Waals surface area contributed by atoms with Gasteiger partial charge in [-0.3, -0.25) is 4.79 Å². The minimum absolute atomic E-state index is 0.0624. The molecule has 0 fully saturated rings. The topological polar surface area (TPSA) is 90.1 Å². The van der Waals surface area contributed by atoms with Crippen LogP contribution in [0.2, 0.25) is 0 Å². The van der Waals surface area contributed by atoms with Gasteiger partial charge >= 0.3 is 5.97 Å². The van der Waals surface area contributed by atoms with Crippen molar-refractivity contribution >= 4 is 17.7 Å². The van der Waals surface area contributed by atoms with Crippen LogP contribution in [0.25, 0.3) is 0 Å². The van der Waals surface area contributed by atoms with E-state index in [2.05, 4.69) is 21.6 Å². The van der Waals surface area contributed by atoms with Gasteiger partial charge in [0.25, 0.3) is 0 Å². The number of tetrazole rings is 1. The summed E-state index contributed by atoms with van der Waals surface area (Å²) in [6, 6.07) is 7.94. The Morgan fingerprint density at radius 1 is 1.50 bits per heavy atom. The maximum Gasteiger partial charge on any atom is 0.325 e. The van der Waals surface area contributed by atoms with E-state index in [1.165, 1.54) is 22.0 Å². The summed E-state index contributed by atoms with van der Waals surface area (Å²) in [5.74, 6) is 0.626. The standard InChI is InChI=1S/C12H12N4O3S/c17-11(18)6-16-12(13-14-15-16)20-7-9-5-8-3-1-2-4-10(8)19-9/h1-4,9H,5-7H2,(H,17,18). The number of hydrogen-bond acceptors (Lipinski definition) is 6. The van der Waals surface area contributed by atoms with Crippen molar-refractivity contribution in [3.05, 3.63) is 29.8 Å². The normalized spacial score (nSPS) is 16.7. The summed E-state index contributed by atoms with van der Waals surface area (Å²) in [5, 5.41) is 20.2. The lowest BCUT2D eigenvalue weighted by Gasteiger charge is -2.09. The fraction of sp³-hybridized carbons (Fsp3) is 0.333. The molecule has 0 aliphatic carbocycles. The Morgan fingerprint density at radius 2 is 2.35 bits per heavy atom. The number of benzene rings is 1. The number of carboxylic acid groups (broad SMARTS) is 1. The average Bonchev–Trinajstić information content (AvgIpc) is 3.01. The van der Waals surface area contributed by atoms with Crippen molar-refractivity contribution in [2.45, 2.75) is 24.2 Å². The molecule has 1 unspecified atom stereocenters. The Balaban J connectivity index is 1.59. The number of carboxylic acids is 1. The minimum atomic E-state index is -0.969. The molecule has 2 heterocycles. The van der Waals surface area contributed by atoms with Crippen LogP contribution < -0.4 is 4.74 Å². The zero-order valence-electron chi connectivity index (χ0n) is 10.5. The molecule has 0 radical (unpaired) electrons. The molecule has 3 rings (SSSR count). The van der Waals surface area contributed by atoms with Crippen LogP contribution in [0.1, 0.15) is 5.56 Å². The first-order chi connectivity index (χ1) is 9.72. The molecule has 7 nitrogen and oxygen atoms in total. The van der Waals surface area contributed by atoms with E-state index in [0.29, 0.717) is 10.9 Å². The molecule has 104 valence electrons. The van der Waals surface area contributed by atoms with Gasteiger partial charge in [0, 0.05) is 12.2 Å². The number of thioether (sulfide) groups is 1. The SMILES string of the molecule is O=C(O)Cn1nnnc1SCC1Cc2ccccc2O1. The summed E-state index contributed by atoms with van der Waals surface area (Å²) in [5.41, 5.74) is 1.20. The Kier molecular flexibility index (Phi) is 3.55. The highest BCUT2D eigenvalue weighted by Crippen LogP contribution is 2.30. The fourth-order valence-corrected chi connectivity index (χ4v) is 2.91. The van der Waals surface area contributed by atoms with Crippen LogP contribution in [0.5, 0.6) is 5.75 Å². The summed E-state index contributed by atoms with van der Waals surface area (Å²) < 4.78 is 7.08. The van der Waals surface area contributed by atoms with Gasteiger partial charge in [0.05, 0.1) is 0 Å². The highest BCUT2D eigenvalue weighted by molar-refractivity contribution is 7.99. The van der Waals surface area contributed by atoms with Crippen molar-refractivity contribution in [3.8, 4) is 5.75 Å². The molecule has 1 atom stereocenters. The first-order valence-corrected chi connectivity index (χ1v) is 7.06. The van der Waals surface area contributed by atoms with Crippen molar-refractivity contribution < 1.29 is 14.6 Å². The molecule has 0 saturated carbocycles. The molecule has 20 heavy (non-hydrogen) atoms. The number of rotatable bonds is 5. The summed E-state index contributed by atoms with van der Waals surface area (Å²) in [6.07, 6.45) is 0.913. The van der Waals surface area contributed by atoms with Gasteiger partial charge in [0.15, 0.2) is 0 Å². The van der Waals surface area contributed by atoms with E-state index >= 15 is 0 Å². The summed E-state index contributed by atoms with van der Waals surface area (Å²) in [4.78, 5) is 10.7. The Morgan fingerprint density at radius 3 is 3.15 bits per heavy atom. The number of hydrogen-bond donors (Lipinski definition) is 1. The van der Waals surface area contributed by atoms with Crippen molar-refractivity contribution in [2.75, 3.05) is 5.75 Å². The fourth-order valence-electron chi connectivity index (χ4n) is 2.04. The monoisotopic (exact) mass is 292 g/mol. The van der Waals surface area contributed by atoms with E-state index in [1.54, 1.807) is 0 Å². The molecule has 1 aliphatic heterocycles. The molecule has 0 saturated heterocycles. The van der Waals surface area contributed by atoms with Crippen molar-refractivity contribution in [3.63, 3.8) is 0 Å². The zero-order chi connectivity index (χ0) is 13.9. The van der Waals surface area contributed by atoms with E-state index in [4.69, 9.17) is 9.84 Å². The lowest BCUT2D eigenvalue weighted by molar-refractivity contribution is -0.138. The molecule has 0 spiro atoms. The predicted molar refractivity (Wildman–Crippen MR) is 70.7 cm³/mol. The van der Waals surface area contributed by atoms with Crippen LogP contribution in [0, 0.1) is 0 Å². The molecule has 8 heteroatoms. The number of aromatic nitrogens is 4. The van der Waals surface area contributed by atoms with E-state index in [9.17, 15) is 4.79 Å². The third kappa shape index (κ3) is 2.74. The maximum atomic E-state index is 10.7. The number of ether oxygens (including phenoxy) is 1. The summed E-state index contributed by atoms with van der Waals surface area (Å²) >= 11 is 1.40. The second-order valence-corrected chi connectivity index (χ2v) is 5.36. The van der Waals surface area contributed by atoms with Gasteiger partial charge in [-0.25, -0.2) is 4.68 Å². The van der Waals surface area contributed by atoms with Crippen molar-refractivity contribution in [2.24, 2.45) is 0 Å². The van der Waals surface area contributed by atoms with Crippen LogP contribution in [-0.2, 0) is 17.8 Å². The smallest absolute Gasteiger partial charge is 0.325 e. The van der Waals surface area contributed by atoms with Gasteiger partial charge in [-0.2, -0.15) is 0 Å². The molecule has 1 aliphatic rings. The molecule has 1 N–H and O–H groups in total. The predicted octanol–water partition coefficient (Wildman–Crippen LogP) is 0.853. The van der Waals surface area contributed by atoms with E-state index < -0.39 is 5.97 Å². The average molecular weight is 292 g/mol. The van der Waals surface area contributed by atoms with Gasteiger partial charge < -0.3 is 9.84 Å². The number of nitrogens with zero attached hydrogens (tertiary/aromatic N) is 4. The Bertz CT molecular complexity index is 606. The molecule has 0 bridgehead atoms. The lowest BCUT2D eigenvalue weighted by atomic mass is 10.1. The summed E-state index contributed by atoms with van der Waals surface area (Å²) in [6.45, 7) is -0.235. The quantitative estimate of drug-likeness (QED) is 0.817. The Hall–Kier alpha value is -2.09. The number of aliphatic carboxylic acids is 1. The number of carbonyl (C=O) groups is 1. The maximum absolute atomic E-state index is 10.7. The molecular weight excluding hydrogens is 280 g/mol. The van der Waals surface area contributed by atoms with Crippen LogP contribution in [-0.4, -0.2) is 43.1 Å². The largest absolute Gasteiger partial charge is 0.489 e. The molecule has 1 aromatic carbocycles. The summed E-state index contributed by atoms with van der Waals surface area (Å²) in [7, 11) is 0. The number of fused-ring (bicyclic) bond motifs is 1. The van der Waals surface area contributed by atoms with Crippen LogP contribution in [0.4, 0.5) is 0 Å². The zero-order valence-corrected chi connectivity index (χ0v) is 11.3. The van der Waals surface area contributed by atoms with Gasteiger partial charge in [-0.15, -0.1) is 5.10 Å². The molecule has 0 amide bonds. The first-order valence-electron chi connectivity index (χ1n) is 6.07.